The highest BCUT2D eigenvalue weighted by atomic mass is 16.6. The van der Waals surface area contributed by atoms with Gasteiger partial charge in [0.25, 0.3) is 5.69 Å². The van der Waals surface area contributed by atoms with Crippen LogP contribution in [-0.4, -0.2) is 55.1 Å². The lowest BCUT2D eigenvalue weighted by molar-refractivity contribution is -0.384. The molecule has 2 saturated heterocycles. The Morgan fingerprint density at radius 3 is 2.67 bits per heavy atom. The third-order valence-electron chi connectivity index (χ3n) is 4.17. The molecule has 2 fully saturated rings. The first-order chi connectivity index (χ1) is 10.2. The highest BCUT2D eigenvalue weighted by molar-refractivity contribution is 5.67. The Morgan fingerprint density at radius 2 is 2.05 bits per heavy atom. The SMILES string of the molecule is N#Cc1ccc([N+](=O)[O-])c(N2CC(N3CCNCC3)C2)c1. The van der Waals surface area contributed by atoms with Crippen LogP contribution in [0.2, 0.25) is 0 Å². The zero-order valence-electron chi connectivity index (χ0n) is 11.7. The average molecular weight is 287 g/mol. The molecule has 0 atom stereocenters. The smallest absolute Gasteiger partial charge is 0.292 e. The van der Waals surface area contributed by atoms with E-state index in [2.05, 4.69) is 10.2 Å². The van der Waals surface area contributed by atoms with Crippen molar-refractivity contribution in [2.75, 3.05) is 44.2 Å². The molecule has 3 rings (SSSR count). The Kier molecular flexibility index (Phi) is 3.73. The van der Waals surface area contributed by atoms with Crippen molar-refractivity contribution in [3.8, 4) is 6.07 Å². The van der Waals surface area contributed by atoms with Crippen LogP contribution in [0.3, 0.4) is 0 Å². The van der Waals surface area contributed by atoms with Gasteiger partial charge >= 0.3 is 0 Å². The number of rotatable bonds is 3. The first-order valence-corrected chi connectivity index (χ1v) is 7.07. The van der Waals surface area contributed by atoms with Gasteiger partial charge in [-0.15, -0.1) is 0 Å². The summed E-state index contributed by atoms with van der Waals surface area (Å²) in [7, 11) is 0. The Balaban J connectivity index is 1.73. The highest BCUT2D eigenvalue weighted by Crippen LogP contribution is 2.33. The standard InChI is InChI=1S/C14H17N5O2/c15-8-11-1-2-13(19(20)21)14(7-11)18-9-12(10-18)17-5-3-16-4-6-17/h1-2,7,12,16H,3-6,9-10H2. The number of piperazine rings is 1. The van der Waals surface area contributed by atoms with E-state index in [0.717, 1.165) is 39.3 Å². The van der Waals surface area contributed by atoms with Crippen molar-refractivity contribution in [3.05, 3.63) is 33.9 Å². The second-order valence-electron chi connectivity index (χ2n) is 5.42. The predicted octanol–water partition coefficient (Wildman–Crippen LogP) is 0.560. The predicted molar refractivity (Wildman–Crippen MR) is 78.3 cm³/mol. The molecule has 7 heteroatoms. The number of nitrogens with one attached hydrogen (secondary N) is 1. The highest BCUT2D eigenvalue weighted by Gasteiger charge is 2.35. The molecule has 21 heavy (non-hydrogen) atoms. The van der Waals surface area contributed by atoms with Crippen molar-refractivity contribution >= 4 is 11.4 Å². The Morgan fingerprint density at radius 1 is 1.33 bits per heavy atom. The van der Waals surface area contributed by atoms with E-state index in [9.17, 15) is 10.1 Å². The molecule has 7 nitrogen and oxygen atoms in total. The van der Waals surface area contributed by atoms with Crippen LogP contribution in [0.4, 0.5) is 11.4 Å². The van der Waals surface area contributed by atoms with E-state index in [4.69, 9.17) is 5.26 Å². The van der Waals surface area contributed by atoms with E-state index >= 15 is 0 Å². The van der Waals surface area contributed by atoms with Gasteiger partial charge in [0.05, 0.1) is 16.6 Å². The summed E-state index contributed by atoms with van der Waals surface area (Å²) in [4.78, 5) is 15.2. The van der Waals surface area contributed by atoms with Crippen LogP contribution in [0, 0.1) is 21.4 Å². The van der Waals surface area contributed by atoms with Gasteiger partial charge in [0, 0.05) is 51.4 Å². The summed E-state index contributed by atoms with van der Waals surface area (Å²) in [6, 6.07) is 7.03. The van der Waals surface area contributed by atoms with E-state index < -0.39 is 0 Å². The van der Waals surface area contributed by atoms with Gasteiger partial charge in [0.1, 0.15) is 5.69 Å². The zero-order valence-corrected chi connectivity index (χ0v) is 11.7. The molecule has 0 amide bonds. The molecule has 2 heterocycles. The minimum atomic E-state index is -0.380. The van der Waals surface area contributed by atoms with Crippen LogP contribution in [-0.2, 0) is 0 Å². The molecule has 110 valence electrons. The molecule has 0 bridgehead atoms. The van der Waals surface area contributed by atoms with Gasteiger partial charge in [-0.2, -0.15) is 5.26 Å². The Labute approximate surface area is 122 Å². The molecule has 0 unspecified atom stereocenters. The van der Waals surface area contributed by atoms with Crippen molar-refractivity contribution in [3.63, 3.8) is 0 Å². The summed E-state index contributed by atoms with van der Waals surface area (Å²) in [5.74, 6) is 0. The van der Waals surface area contributed by atoms with E-state index in [1.807, 2.05) is 11.0 Å². The Hall–Kier alpha value is -2.17. The first kappa shape index (κ1) is 13.8. The van der Waals surface area contributed by atoms with E-state index in [0.29, 0.717) is 17.3 Å². The number of nitro groups is 1. The van der Waals surface area contributed by atoms with Gasteiger partial charge in [-0.1, -0.05) is 0 Å². The maximum atomic E-state index is 11.1. The van der Waals surface area contributed by atoms with Gasteiger partial charge in [-0.25, -0.2) is 0 Å². The number of hydrogen-bond donors (Lipinski definition) is 1. The van der Waals surface area contributed by atoms with Crippen LogP contribution >= 0.6 is 0 Å². The van der Waals surface area contributed by atoms with Crippen LogP contribution in [0.25, 0.3) is 0 Å². The molecule has 0 radical (unpaired) electrons. The summed E-state index contributed by atoms with van der Waals surface area (Å²) in [5, 5.41) is 23.4. The Bertz CT molecular complexity index is 586. The van der Waals surface area contributed by atoms with E-state index in [1.54, 1.807) is 6.07 Å². The van der Waals surface area contributed by atoms with Crippen molar-refractivity contribution in [2.24, 2.45) is 0 Å². The topological polar surface area (TPSA) is 85.4 Å². The molecule has 1 N–H and O–H groups in total. The molecule has 1 aromatic rings. The minimum Gasteiger partial charge on any atom is -0.363 e. The molecular formula is C14H17N5O2. The van der Waals surface area contributed by atoms with Crippen molar-refractivity contribution in [1.29, 1.82) is 5.26 Å². The van der Waals surface area contributed by atoms with Crippen molar-refractivity contribution in [1.82, 2.24) is 10.2 Å². The maximum Gasteiger partial charge on any atom is 0.292 e. The van der Waals surface area contributed by atoms with Gasteiger partial charge in [0.15, 0.2) is 0 Å². The molecule has 2 aliphatic heterocycles. The fraction of sp³-hybridized carbons (Fsp3) is 0.500. The summed E-state index contributed by atoms with van der Waals surface area (Å²) in [5.41, 5.74) is 1.10. The molecule has 0 saturated carbocycles. The summed E-state index contributed by atoms with van der Waals surface area (Å²) in [6.45, 7) is 5.63. The number of hydrogen-bond acceptors (Lipinski definition) is 6. The molecule has 0 spiro atoms. The number of nitro benzene ring substituents is 1. The number of benzene rings is 1. The fourth-order valence-electron chi connectivity index (χ4n) is 2.93. The summed E-state index contributed by atoms with van der Waals surface area (Å²) in [6.07, 6.45) is 0. The first-order valence-electron chi connectivity index (χ1n) is 7.07. The molecule has 1 aromatic carbocycles. The van der Waals surface area contributed by atoms with Gasteiger partial charge < -0.3 is 10.2 Å². The van der Waals surface area contributed by atoms with Crippen molar-refractivity contribution < 1.29 is 4.92 Å². The largest absolute Gasteiger partial charge is 0.363 e. The average Bonchev–Trinajstić information content (AvgIpc) is 2.46. The van der Waals surface area contributed by atoms with Gasteiger partial charge in [-0.05, 0) is 12.1 Å². The zero-order chi connectivity index (χ0) is 14.8. The molecular weight excluding hydrogens is 270 g/mol. The minimum absolute atomic E-state index is 0.0766. The van der Waals surface area contributed by atoms with E-state index in [1.165, 1.54) is 12.1 Å². The lowest BCUT2D eigenvalue weighted by atomic mass is 10.0. The second-order valence-corrected chi connectivity index (χ2v) is 5.42. The fourth-order valence-corrected chi connectivity index (χ4v) is 2.93. The number of nitriles is 1. The number of anilines is 1. The lowest BCUT2D eigenvalue weighted by Gasteiger charge is -2.47. The van der Waals surface area contributed by atoms with Crippen LogP contribution < -0.4 is 10.2 Å². The monoisotopic (exact) mass is 287 g/mol. The molecule has 0 aromatic heterocycles. The molecule has 2 aliphatic rings. The molecule has 0 aliphatic carbocycles. The van der Waals surface area contributed by atoms with E-state index in [-0.39, 0.29) is 10.6 Å². The third kappa shape index (κ3) is 2.68. The lowest BCUT2D eigenvalue weighted by Crippen LogP contribution is -2.63. The quantitative estimate of drug-likeness (QED) is 0.646. The summed E-state index contributed by atoms with van der Waals surface area (Å²) >= 11 is 0. The van der Waals surface area contributed by atoms with Gasteiger partial charge in [-0.3, -0.25) is 15.0 Å². The normalized spacial score (nSPS) is 19.9. The van der Waals surface area contributed by atoms with Crippen molar-refractivity contribution in [2.45, 2.75) is 6.04 Å². The maximum absolute atomic E-state index is 11.1. The second kappa shape index (κ2) is 5.68. The van der Waals surface area contributed by atoms with Crippen LogP contribution in [0.15, 0.2) is 18.2 Å². The summed E-state index contributed by atoms with van der Waals surface area (Å²) < 4.78 is 0. The number of nitrogens with zero attached hydrogens (tertiary/aromatic N) is 4. The van der Waals surface area contributed by atoms with Crippen LogP contribution in [0.5, 0.6) is 0 Å². The third-order valence-corrected chi connectivity index (χ3v) is 4.17. The van der Waals surface area contributed by atoms with Crippen LogP contribution in [0.1, 0.15) is 5.56 Å². The van der Waals surface area contributed by atoms with Gasteiger partial charge in [0.2, 0.25) is 0 Å².